The highest BCUT2D eigenvalue weighted by atomic mass is 16.6. The lowest BCUT2D eigenvalue weighted by Gasteiger charge is -2.57. The maximum Gasteiger partial charge on any atom is 0.417 e. The summed E-state index contributed by atoms with van der Waals surface area (Å²) in [5.74, 6) is 0.167. The molecule has 0 unspecified atom stereocenters. The van der Waals surface area contributed by atoms with Crippen LogP contribution in [0.15, 0.2) is 42.6 Å². The fourth-order valence-electron chi connectivity index (χ4n) is 5.09. The number of benzene rings is 1. The molecule has 0 atom stereocenters. The molecule has 1 spiro atoms. The van der Waals surface area contributed by atoms with Gasteiger partial charge in [-0.15, -0.1) is 0 Å². The van der Waals surface area contributed by atoms with E-state index in [1.165, 1.54) is 6.20 Å². The van der Waals surface area contributed by atoms with Crippen molar-refractivity contribution in [1.82, 2.24) is 14.8 Å². The van der Waals surface area contributed by atoms with Gasteiger partial charge in [-0.2, -0.15) is 0 Å². The zero-order valence-corrected chi connectivity index (χ0v) is 20.9. The Morgan fingerprint density at radius 3 is 2.50 bits per heavy atom. The molecule has 1 aromatic carbocycles. The number of nitrogens with zero attached hydrogens (tertiary/aromatic N) is 3. The van der Waals surface area contributed by atoms with E-state index in [9.17, 15) is 14.4 Å². The normalized spacial score (nSPS) is 18.7. The summed E-state index contributed by atoms with van der Waals surface area (Å²) >= 11 is 0. The minimum Gasteiger partial charge on any atom is -0.490 e. The molecule has 2 aromatic rings. The van der Waals surface area contributed by atoms with Crippen molar-refractivity contribution in [3.63, 3.8) is 0 Å². The third-order valence-corrected chi connectivity index (χ3v) is 6.79. The van der Waals surface area contributed by atoms with Gasteiger partial charge in [0, 0.05) is 36.8 Å². The largest absolute Gasteiger partial charge is 0.490 e. The molecule has 3 amide bonds. The van der Waals surface area contributed by atoms with Crippen LogP contribution < -0.4 is 4.74 Å². The van der Waals surface area contributed by atoms with E-state index in [0.29, 0.717) is 25.3 Å². The number of carbonyl (C=O) groups excluding carboxylic acids is 3. The average molecular weight is 494 g/mol. The highest BCUT2D eigenvalue weighted by Crippen LogP contribution is 2.50. The Morgan fingerprint density at radius 1 is 1.08 bits per heavy atom. The van der Waals surface area contributed by atoms with Gasteiger partial charge in [0.25, 0.3) is 5.91 Å². The second-order valence-corrected chi connectivity index (χ2v) is 10.9. The van der Waals surface area contributed by atoms with E-state index in [0.717, 1.165) is 28.9 Å². The first-order chi connectivity index (χ1) is 17.1. The summed E-state index contributed by atoms with van der Waals surface area (Å²) in [6, 6.07) is 11.4. The highest BCUT2D eigenvalue weighted by Gasteiger charge is 2.55. The van der Waals surface area contributed by atoms with Crippen molar-refractivity contribution in [2.45, 2.75) is 58.3 Å². The van der Waals surface area contributed by atoms with Crippen LogP contribution >= 0.6 is 0 Å². The molecule has 3 aliphatic rings. The number of rotatable bonds is 4. The fraction of sp³-hybridized carbons (Fsp3) is 0.481. The zero-order valence-electron chi connectivity index (χ0n) is 20.9. The molecule has 1 saturated carbocycles. The van der Waals surface area contributed by atoms with Crippen LogP contribution in [0.5, 0.6) is 5.75 Å². The molecular formula is C27H31N3O6. The van der Waals surface area contributed by atoms with E-state index in [1.54, 1.807) is 31.7 Å². The van der Waals surface area contributed by atoms with Crippen molar-refractivity contribution in [2.24, 2.45) is 5.41 Å². The van der Waals surface area contributed by atoms with Crippen molar-refractivity contribution in [3.05, 3.63) is 59.4 Å². The molecule has 1 aromatic heterocycles. The van der Waals surface area contributed by atoms with Crippen LogP contribution in [0.2, 0.25) is 0 Å². The molecule has 0 bridgehead atoms. The monoisotopic (exact) mass is 493 g/mol. The van der Waals surface area contributed by atoms with Gasteiger partial charge in [-0.3, -0.25) is 9.78 Å². The number of carbonyl (C=O) groups is 3. The van der Waals surface area contributed by atoms with Gasteiger partial charge >= 0.3 is 12.2 Å². The summed E-state index contributed by atoms with van der Waals surface area (Å²) in [7, 11) is 0. The van der Waals surface area contributed by atoms with Gasteiger partial charge in [-0.05, 0) is 51.7 Å². The van der Waals surface area contributed by atoms with E-state index >= 15 is 0 Å². The SMILES string of the molecule is CC(C)(C)OC(=O)N1CCc2c(OC3CC4(C3)CN(C(=O)OCc3ccccc3)C4)ccnc2C1=O. The first-order valence-electron chi connectivity index (χ1n) is 12.3. The number of amides is 3. The predicted octanol–water partition coefficient (Wildman–Crippen LogP) is 4.20. The molecule has 2 fully saturated rings. The molecule has 2 aliphatic heterocycles. The summed E-state index contributed by atoms with van der Waals surface area (Å²) in [5.41, 5.74) is 1.31. The van der Waals surface area contributed by atoms with Gasteiger partial charge in [0.15, 0.2) is 0 Å². The topological polar surface area (TPSA) is 98.3 Å². The van der Waals surface area contributed by atoms with E-state index in [-0.39, 0.29) is 36.5 Å². The Labute approximate surface area is 210 Å². The summed E-state index contributed by atoms with van der Waals surface area (Å²) in [4.78, 5) is 44.8. The van der Waals surface area contributed by atoms with Gasteiger partial charge in [-0.1, -0.05) is 30.3 Å². The van der Waals surface area contributed by atoms with Crippen LogP contribution in [0.25, 0.3) is 0 Å². The first-order valence-corrected chi connectivity index (χ1v) is 12.3. The number of ether oxygens (including phenoxy) is 3. The Morgan fingerprint density at radius 2 is 1.81 bits per heavy atom. The molecule has 5 rings (SSSR count). The minimum atomic E-state index is -0.689. The first kappa shape index (κ1) is 24.1. The van der Waals surface area contributed by atoms with Crippen LogP contribution in [-0.4, -0.2) is 64.2 Å². The predicted molar refractivity (Wildman–Crippen MR) is 129 cm³/mol. The number of likely N-dealkylation sites (tertiary alicyclic amines) is 1. The lowest BCUT2D eigenvalue weighted by Crippen LogP contribution is -2.65. The number of hydrogen-bond acceptors (Lipinski definition) is 7. The quantitative estimate of drug-likeness (QED) is 0.630. The van der Waals surface area contributed by atoms with Crippen molar-refractivity contribution >= 4 is 18.1 Å². The number of aromatic nitrogens is 1. The van der Waals surface area contributed by atoms with Gasteiger partial charge < -0.3 is 19.1 Å². The van der Waals surface area contributed by atoms with Crippen molar-refractivity contribution in [1.29, 1.82) is 0 Å². The molecule has 0 radical (unpaired) electrons. The van der Waals surface area contributed by atoms with Crippen molar-refractivity contribution in [2.75, 3.05) is 19.6 Å². The third kappa shape index (κ3) is 4.87. The molecule has 3 heterocycles. The third-order valence-electron chi connectivity index (χ3n) is 6.79. The molecule has 190 valence electrons. The second-order valence-electron chi connectivity index (χ2n) is 10.9. The Hall–Kier alpha value is -3.62. The zero-order chi connectivity index (χ0) is 25.5. The smallest absolute Gasteiger partial charge is 0.417 e. The van der Waals surface area contributed by atoms with Gasteiger partial charge in [0.1, 0.15) is 29.8 Å². The Kier molecular flexibility index (Phi) is 6.10. The molecule has 9 nitrogen and oxygen atoms in total. The number of hydrogen-bond donors (Lipinski definition) is 0. The molecule has 0 N–H and O–H groups in total. The van der Waals surface area contributed by atoms with Gasteiger partial charge in [0.2, 0.25) is 0 Å². The molecule has 9 heteroatoms. The number of imide groups is 1. The minimum absolute atomic E-state index is 0.0120. The van der Waals surface area contributed by atoms with Gasteiger partial charge in [0.05, 0.1) is 0 Å². The van der Waals surface area contributed by atoms with Gasteiger partial charge in [-0.25, -0.2) is 14.5 Å². The second kappa shape index (κ2) is 9.11. The maximum atomic E-state index is 12.9. The van der Waals surface area contributed by atoms with Crippen molar-refractivity contribution in [3.8, 4) is 5.75 Å². The summed E-state index contributed by atoms with van der Waals surface area (Å²) < 4.78 is 17.0. The van der Waals surface area contributed by atoms with E-state index in [1.807, 2.05) is 30.3 Å². The molecule has 1 aliphatic carbocycles. The maximum absolute atomic E-state index is 12.9. The van der Waals surface area contributed by atoms with Crippen LogP contribution in [0, 0.1) is 5.41 Å². The summed E-state index contributed by atoms with van der Waals surface area (Å²) in [6.07, 6.45) is 2.73. The van der Waals surface area contributed by atoms with Crippen LogP contribution in [-0.2, 0) is 22.5 Å². The van der Waals surface area contributed by atoms with Crippen molar-refractivity contribution < 1.29 is 28.6 Å². The van der Waals surface area contributed by atoms with E-state index in [2.05, 4.69) is 4.98 Å². The standard InChI is InChI=1S/C27H31N3O6/c1-26(2,3)36-25(33)30-12-10-20-21(9-11-28-22(20)23(30)31)35-19-13-27(14-19)16-29(17-27)24(32)34-15-18-7-5-4-6-8-18/h4-9,11,19H,10,12-17H2,1-3H3. The fourth-order valence-corrected chi connectivity index (χ4v) is 5.09. The molecular weight excluding hydrogens is 462 g/mol. The lowest BCUT2D eigenvalue weighted by molar-refractivity contribution is -0.110. The van der Waals surface area contributed by atoms with Crippen LogP contribution in [0.3, 0.4) is 0 Å². The summed E-state index contributed by atoms with van der Waals surface area (Å²) in [5, 5.41) is 0. The summed E-state index contributed by atoms with van der Waals surface area (Å²) in [6.45, 7) is 7.10. The van der Waals surface area contributed by atoms with Crippen LogP contribution in [0.1, 0.15) is 55.2 Å². The molecule has 36 heavy (non-hydrogen) atoms. The Bertz CT molecular complexity index is 1160. The number of pyridine rings is 1. The average Bonchev–Trinajstić information content (AvgIpc) is 2.78. The number of fused-ring (bicyclic) bond motifs is 1. The van der Waals surface area contributed by atoms with E-state index < -0.39 is 17.6 Å². The van der Waals surface area contributed by atoms with Crippen LogP contribution in [0.4, 0.5) is 9.59 Å². The highest BCUT2D eigenvalue weighted by molar-refractivity contribution is 6.04. The molecule has 1 saturated heterocycles. The van der Waals surface area contributed by atoms with E-state index in [4.69, 9.17) is 14.2 Å². The lowest BCUT2D eigenvalue weighted by atomic mass is 9.62. The Balaban J connectivity index is 1.12.